The van der Waals surface area contributed by atoms with E-state index in [0.717, 1.165) is 44.8 Å². The van der Waals surface area contributed by atoms with Gasteiger partial charge < -0.3 is 15.0 Å². The van der Waals surface area contributed by atoms with Crippen LogP contribution in [0.2, 0.25) is 0 Å². The van der Waals surface area contributed by atoms with E-state index in [-0.39, 0.29) is 4.16 Å². The van der Waals surface area contributed by atoms with Gasteiger partial charge in [0.05, 0.1) is 22.8 Å². The smallest absolute Gasteiger partial charge is 0.000496 e. The number of fused-ring (bicyclic) bond motifs is 8. The summed E-state index contributed by atoms with van der Waals surface area (Å²) in [5, 5.41) is 0. The predicted molar refractivity (Wildman–Crippen MR) is 169 cm³/mol. The van der Waals surface area contributed by atoms with E-state index in [4.69, 9.17) is 9.11 Å². The summed E-state index contributed by atoms with van der Waals surface area (Å²) >= 11 is -4.69. The average molecular weight is 682 g/mol. The van der Waals surface area contributed by atoms with Crippen LogP contribution in [0.5, 0.6) is 0 Å². The molecule has 7 rings (SSSR count). The Morgan fingerprint density at radius 1 is 0.523 bits per heavy atom. The fourth-order valence-electron chi connectivity index (χ4n) is 4.50. The summed E-state index contributed by atoms with van der Waals surface area (Å²) in [4.78, 5) is 18.9. The van der Waals surface area contributed by atoms with E-state index in [1.807, 2.05) is 73.1 Å². The molecule has 14 heteroatoms. The third kappa shape index (κ3) is 8.56. The molecule has 5 aromatic rings. The quantitative estimate of drug-likeness (QED) is 0.124. The second kappa shape index (κ2) is 13.5. The normalized spacial score (nSPS) is 12.0. The van der Waals surface area contributed by atoms with Gasteiger partial charge in [-0.1, -0.05) is 0 Å². The van der Waals surface area contributed by atoms with Crippen molar-refractivity contribution in [3.8, 4) is 0 Å². The second-order valence-electron chi connectivity index (χ2n) is 9.85. The van der Waals surface area contributed by atoms with E-state index in [0.29, 0.717) is 0 Å². The van der Waals surface area contributed by atoms with Crippen molar-refractivity contribution >= 4 is 66.7 Å². The summed E-state index contributed by atoms with van der Waals surface area (Å²) < 4.78 is 61.1. The Labute approximate surface area is 256 Å². The van der Waals surface area contributed by atoms with Crippen LogP contribution in [0.3, 0.4) is 0 Å². The topological polar surface area (TPSA) is 182 Å². The number of benzene rings is 1. The predicted octanol–water partition coefficient (Wildman–Crippen LogP) is 5.21. The monoisotopic (exact) mass is 680 g/mol. The van der Waals surface area contributed by atoms with E-state index >= 15 is 0 Å². The number of aromatic nitrogens is 5. The molecule has 11 nitrogen and oxygen atoms in total. The van der Waals surface area contributed by atoms with Gasteiger partial charge in [0.2, 0.25) is 0 Å². The molecule has 221 valence electrons. The first kappa shape index (κ1) is 31.0. The van der Waals surface area contributed by atoms with E-state index in [1.165, 1.54) is 24.3 Å². The van der Waals surface area contributed by atoms with Gasteiger partial charge >= 0.3 is 90.2 Å². The van der Waals surface area contributed by atoms with Crippen LogP contribution in [0.15, 0.2) is 103 Å². The Balaban J connectivity index is 0.000000164. The van der Waals surface area contributed by atoms with Gasteiger partial charge in [-0.3, -0.25) is 0 Å². The average Bonchev–Trinajstić information content (AvgIpc) is 3.79. The first-order valence-corrected chi connectivity index (χ1v) is 25.3. The van der Waals surface area contributed by atoms with Crippen LogP contribution in [0, 0.1) is 0 Å². The minimum absolute atomic E-state index is 0.0116. The van der Waals surface area contributed by atoms with Crippen molar-refractivity contribution < 1.29 is 39.5 Å². The van der Waals surface area contributed by atoms with Gasteiger partial charge in [-0.2, -0.15) is 0 Å². The van der Waals surface area contributed by atoms with Gasteiger partial charge in [0.25, 0.3) is 0 Å². The van der Waals surface area contributed by atoms with E-state index < -0.39 is 29.7 Å². The molecular weight excluding hydrogens is 656 g/mol. The van der Waals surface area contributed by atoms with Gasteiger partial charge in [-0.05, 0) is 85.0 Å². The van der Waals surface area contributed by atoms with Crippen molar-refractivity contribution in [2.75, 3.05) is 0 Å². The molecule has 44 heavy (non-hydrogen) atoms. The third-order valence-corrected chi connectivity index (χ3v) is 31.2. The zero-order valence-corrected chi connectivity index (χ0v) is 27.7. The van der Waals surface area contributed by atoms with Crippen molar-refractivity contribution in [3.63, 3.8) is 0 Å². The van der Waals surface area contributed by atoms with Crippen molar-refractivity contribution in [3.05, 3.63) is 126 Å². The van der Waals surface area contributed by atoms with Gasteiger partial charge in [0.15, 0.2) is 0 Å². The molecule has 5 N–H and O–H groups in total. The van der Waals surface area contributed by atoms with E-state index in [9.17, 15) is 16.8 Å². The molecule has 0 amide bonds. The molecule has 0 saturated heterocycles. The number of H-pyrrole nitrogens is 3. The number of hydrogen-bond donors (Lipinski definition) is 5. The molecule has 4 aromatic heterocycles. The summed E-state index contributed by atoms with van der Waals surface area (Å²) in [7, 11) is -9.41. The van der Waals surface area contributed by atoms with Gasteiger partial charge in [-0.25, -0.2) is 9.97 Å². The Hall–Kier alpha value is -4.46. The zero-order valence-electron chi connectivity index (χ0n) is 23.1. The molecular formula is C30H26N5O6S2Zn. The maximum atomic E-state index is 10.9. The minimum atomic E-state index is -4.71. The summed E-state index contributed by atoms with van der Waals surface area (Å²) in [6.45, 7) is 0. The molecule has 0 aliphatic carbocycles. The van der Waals surface area contributed by atoms with Crippen molar-refractivity contribution in [1.29, 1.82) is 0 Å². The van der Waals surface area contributed by atoms with Gasteiger partial charge in [0.1, 0.15) is 0 Å². The van der Waals surface area contributed by atoms with Crippen molar-refractivity contribution in [2.45, 2.75) is 0 Å². The fourth-order valence-corrected chi connectivity index (χ4v) is 22.6. The molecule has 0 spiro atoms. The van der Waals surface area contributed by atoms with Crippen LogP contribution in [0.25, 0.3) is 46.4 Å². The van der Waals surface area contributed by atoms with Crippen LogP contribution < -0.4 is 4.16 Å². The Bertz CT molecular complexity index is 1970. The summed E-state index contributed by atoms with van der Waals surface area (Å²) in [6.07, 6.45) is 11.8. The standard InChI is InChI=1S/C20H14N4.C6H5.C4H5N.2HO3S.Zn/c1-2-14-10-16-5-6-18(23-16)12-20-8-7-19(24-20)11-17-4-3-15(22-17)9-13(1)21-14;1-2-4-6-5-3-1;1-2-4-5-3-1;2*1-4(2)3;/h1-12,21,24H;1-5H;1-5H;2*(H,1,2,3);. The molecule has 0 unspecified atom stereocenters. The molecule has 2 aliphatic rings. The summed E-state index contributed by atoms with van der Waals surface area (Å²) in [5.41, 5.74) is 7.86. The molecule has 8 bridgehead atoms. The Morgan fingerprint density at radius 3 is 1.18 bits per heavy atom. The zero-order chi connectivity index (χ0) is 31.2. The number of rotatable bonds is 3. The molecule has 0 radical (unpaired) electrons. The van der Waals surface area contributed by atoms with Crippen LogP contribution in [-0.2, 0) is 29.7 Å². The van der Waals surface area contributed by atoms with E-state index in [1.54, 1.807) is 6.07 Å². The number of hydrogen-bond acceptors (Lipinski definition) is 6. The largest absolute Gasteiger partial charge is 0.368 e. The van der Waals surface area contributed by atoms with Crippen LogP contribution in [0.4, 0.5) is 0 Å². The van der Waals surface area contributed by atoms with Crippen LogP contribution in [0.1, 0.15) is 22.8 Å². The maximum absolute atomic E-state index is 10.9. The maximum Gasteiger partial charge on any atom is 0.000496 e. The molecule has 2 aliphatic heterocycles. The number of nitrogens with one attached hydrogen (secondary N) is 3. The Morgan fingerprint density at radius 2 is 0.886 bits per heavy atom. The van der Waals surface area contributed by atoms with Crippen molar-refractivity contribution in [2.24, 2.45) is 0 Å². The number of aromatic amines is 3. The van der Waals surface area contributed by atoms with Gasteiger partial charge in [-0.15, -0.1) is 0 Å². The molecule has 1 aromatic carbocycles. The van der Waals surface area contributed by atoms with Gasteiger partial charge in [0, 0.05) is 34.5 Å². The third-order valence-electron chi connectivity index (χ3n) is 6.38. The molecule has 0 saturated carbocycles. The van der Waals surface area contributed by atoms with Crippen LogP contribution >= 0.6 is 0 Å². The first-order chi connectivity index (χ1) is 21.0. The summed E-state index contributed by atoms with van der Waals surface area (Å²) in [6, 6.07) is 27.2. The molecule has 0 atom stereocenters. The second-order valence-corrected chi connectivity index (χ2v) is 32.7. The Kier molecular flexibility index (Phi) is 9.47. The van der Waals surface area contributed by atoms with Crippen molar-refractivity contribution in [1.82, 2.24) is 24.9 Å². The SMILES string of the molecule is C1=Cc2cc3ccc(cc4nc(cc5ccc(cc1n2)[nH]5)C=C4)[nH]3.O=[S](=O)(O)[Zn]([c]1ccccc1)[S](=O)(=O)O.c1cc[nH]c1. The summed E-state index contributed by atoms with van der Waals surface area (Å²) in [5.74, 6) is 0. The minimum Gasteiger partial charge on any atom is -0.368 e. The molecule has 6 heterocycles. The van der Waals surface area contributed by atoms with E-state index in [2.05, 4.69) is 49.2 Å². The molecule has 0 fully saturated rings. The number of nitrogens with zero attached hydrogens (tertiary/aromatic N) is 2. The first-order valence-electron chi connectivity index (χ1n) is 13.3. The fraction of sp³-hybridized carbons (Fsp3) is 0. The van der Waals surface area contributed by atoms with Crippen LogP contribution in [-0.4, -0.2) is 50.9 Å².